The van der Waals surface area contributed by atoms with E-state index in [4.69, 9.17) is 0 Å². The number of aryl methyl sites for hydroxylation is 2. The maximum Gasteiger partial charge on any atom is 0.251 e. The van der Waals surface area contributed by atoms with Crippen LogP contribution in [0.15, 0.2) is 41.5 Å². The van der Waals surface area contributed by atoms with Crippen LogP contribution >= 0.6 is 0 Å². The van der Waals surface area contributed by atoms with Gasteiger partial charge in [-0.15, -0.1) is 0 Å². The van der Waals surface area contributed by atoms with Crippen molar-refractivity contribution in [1.82, 2.24) is 24.9 Å². The van der Waals surface area contributed by atoms with Gasteiger partial charge in [-0.1, -0.05) is 0 Å². The topological polar surface area (TPSA) is 87.7 Å². The van der Waals surface area contributed by atoms with Crippen molar-refractivity contribution >= 4 is 5.95 Å². The number of hydrogen-bond donors (Lipinski definition) is 1. The molecule has 1 unspecified atom stereocenters. The summed E-state index contributed by atoms with van der Waals surface area (Å²) in [6.45, 7) is 5.53. The summed E-state index contributed by atoms with van der Waals surface area (Å²) in [5, 5.41) is 0. The molecule has 0 aliphatic carbocycles. The highest BCUT2D eigenvalue weighted by molar-refractivity contribution is 5.57. The van der Waals surface area contributed by atoms with Crippen LogP contribution in [0.25, 0.3) is 11.3 Å². The van der Waals surface area contributed by atoms with Gasteiger partial charge in [-0.2, -0.15) is 0 Å². The van der Waals surface area contributed by atoms with E-state index < -0.39 is 0 Å². The average molecular weight is 348 g/mol. The molecule has 7 nitrogen and oxygen atoms in total. The van der Waals surface area contributed by atoms with Gasteiger partial charge in [0, 0.05) is 54.4 Å². The van der Waals surface area contributed by atoms with Crippen molar-refractivity contribution in [3.05, 3.63) is 64.2 Å². The number of anilines is 1. The molecule has 4 rings (SSSR count). The SMILES string of the molecule is Cc1cc(C)nc(N2CCC(c3nc(-c4cccnc4)cc(=O)[nH]3)C2)n1. The summed E-state index contributed by atoms with van der Waals surface area (Å²) in [4.78, 5) is 35.1. The third-order valence-corrected chi connectivity index (χ3v) is 4.55. The fourth-order valence-corrected chi connectivity index (χ4v) is 3.35. The number of aromatic nitrogens is 5. The summed E-state index contributed by atoms with van der Waals surface area (Å²) >= 11 is 0. The summed E-state index contributed by atoms with van der Waals surface area (Å²) in [6.07, 6.45) is 4.32. The van der Waals surface area contributed by atoms with Crippen LogP contribution in [0.2, 0.25) is 0 Å². The normalized spacial score (nSPS) is 16.8. The van der Waals surface area contributed by atoms with Crippen molar-refractivity contribution < 1.29 is 0 Å². The van der Waals surface area contributed by atoms with Crippen LogP contribution in [0.5, 0.6) is 0 Å². The summed E-state index contributed by atoms with van der Waals surface area (Å²) in [5.41, 5.74) is 3.27. The molecule has 0 amide bonds. The summed E-state index contributed by atoms with van der Waals surface area (Å²) < 4.78 is 0. The molecule has 0 aromatic carbocycles. The van der Waals surface area contributed by atoms with Crippen molar-refractivity contribution in [2.75, 3.05) is 18.0 Å². The quantitative estimate of drug-likeness (QED) is 0.781. The van der Waals surface area contributed by atoms with Gasteiger partial charge < -0.3 is 9.88 Å². The van der Waals surface area contributed by atoms with E-state index in [0.29, 0.717) is 11.5 Å². The third-order valence-electron chi connectivity index (χ3n) is 4.55. The van der Waals surface area contributed by atoms with Crippen LogP contribution in [0.4, 0.5) is 5.95 Å². The van der Waals surface area contributed by atoms with Crippen LogP contribution in [-0.2, 0) is 0 Å². The Hall–Kier alpha value is -3.09. The second-order valence-corrected chi connectivity index (χ2v) is 6.64. The Morgan fingerprint density at radius 1 is 1.15 bits per heavy atom. The summed E-state index contributed by atoms with van der Waals surface area (Å²) in [5.74, 6) is 1.60. The number of pyridine rings is 1. The standard InChI is InChI=1S/C19H20N6O/c1-12-8-13(2)22-19(21-12)25-7-5-15(11-25)18-23-16(9-17(26)24-18)14-4-3-6-20-10-14/h3-4,6,8-10,15H,5,7,11H2,1-2H3,(H,23,24,26). The molecule has 132 valence electrons. The van der Waals surface area contributed by atoms with Gasteiger partial charge in [0.15, 0.2) is 0 Å². The molecule has 1 aliphatic heterocycles. The van der Waals surface area contributed by atoms with Gasteiger partial charge in [-0.25, -0.2) is 15.0 Å². The highest BCUT2D eigenvalue weighted by atomic mass is 16.1. The van der Waals surface area contributed by atoms with Gasteiger partial charge in [0.1, 0.15) is 5.82 Å². The Bertz CT molecular complexity index is 965. The zero-order valence-corrected chi connectivity index (χ0v) is 14.8. The smallest absolute Gasteiger partial charge is 0.251 e. The fourth-order valence-electron chi connectivity index (χ4n) is 3.35. The van der Waals surface area contributed by atoms with Gasteiger partial charge in [0.05, 0.1) is 5.69 Å². The monoisotopic (exact) mass is 348 g/mol. The number of rotatable bonds is 3. The number of H-pyrrole nitrogens is 1. The Balaban J connectivity index is 1.61. The van der Waals surface area contributed by atoms with Crippen molar-refractivity contribution in [1.29, 1.82) is 0 Å². The third kappa shape index (κ3) is 3.33. The first-order chi connectivity index (χ1) is 12.6. The lowest BCUT2D eigenvalue weighted by molar-refractivity contribution is 0.704. The average Bonchev–Trinajstić information content (AvgIpc) is 3.11. The first-order valence-corrected chi connectivity index (χ1v) is 8.67. The van der Waals surface area contributed by atoms with E-state index >= 15 is 0 Å². The Kier molecular flexibility index (Phi) is 4.20. The molecule has 0 spiro atoms. The lowest BCUT2D eigenvalue weighted by Gasteiger charge is -2.17. The van der Waals surface area contributed by atoms with Crippen LogP contribution in [0, 0.1) is 13.8 Å². The molecule has 0 radical (unpaired) electrons. The van der Waals surface area contributed by atoms with E-state index in [2.05, 4.69) is 29.8 Å². The molecule has 0 saturated carbocycles. The van der Waals surface area contributed by atoms with Gasteiger partial charge in [0.2, 0.25) is 5.95 Å². The Morgan fingerprint density at radius 2 is 1.96 bits per heavy atom. The van der Waals surface area contributed by atoms with Gasteiger partial charge >= 0.3 is 0 Å². The van der Waals surface area contributed by atoms with Crippen LogP contribution < -0.4 is 10.5 Å². The van der Waals surface area contributed by atoms with Crippen molar-refractivity contribution in [3.63, 3.8) is 0 Å². The lowest BCUT2D eigenvalue weighted by atomic mass is 10.1. The molecule has 1 aliphatic rings. The second kappa shape index (κ2) is 6.67. The molecular weight excluding hydrogens is 328 g/mol. The second-order valence-electron chi connectivity index (χ2n) is 6.64. The molecule has 3 aromatic heterocycles. The van der Waals surface area contributed by atoms with Crippen molar-refractivity contribution in [2.45, 2.75) is 26.2 Å². The van der Waals surface area contributed by atoms with Crippen molar-refractivity contribution in [2.24, 2.45) is 0 Å². The molecule has 7 heteroatoms. The van der Waals surface area contributed by atoms with E-state index in [1.807, 2.05) is 32.0 Å². The Labute approximate surface area is 151 Å². The molecule has 4 heterocycles. The van der Waals surface area contributed by atoms with E-state index in [1.54, 1.807) is 12.4 Å². The van der Waals surface area contributed by atoms with Crippen LogP contribution in [0.3, 0.4) is 0 Å². The van der Waals surface area contributed by atoms with Gasteiger partial charge in [-0.05, 0) is 38.5 Å². The molecule has 26 heavy (non-hydrogen) atoms. The fraction of sp³-hybridized carbons (Fsp3) is 0.316. The first-order valence-electron chi connectivity index (χ1n) is 8.67. The molecule has 1 N–H and O–H groups in total. The number of nitrogens with zero attached hydrogens (tertiary/aromatic N) is 5. The van der Waals surface area contributed by atoms with E-state index in [1.165, 1.54) is 6.07 Å². The molecule has 3 aromatic rings. The number of aromatic amines is 1. The van der Waals surface area contributed by atoms with E-state index in [0.717, 1.165) is 42.4 Å². The summed E-state index contributed by atoms with van der Waals surface area (Å²) in [6, 6.07) is 7.23. The van der Waals surface area contributed by atoms with E-state index in [9.17, 15) is 4.79 Å². The predicted octanol–water partition coefficient (Wildman–Crippen LogP) is 2.23. The molecule has 0 bridgehead atoms. The number of hydrogen-bond acceptors (Lipinski definition) is 6. The predicted molar refractivity (Wildman–Crippen MR) is 99.2 cm³/mol. The first kappa shape index (κ1) is 16.4. The van der Waals surface area contributed by atoms with Crippen molar-refractivity contribution in [3.8, 4) is 11.3 Å². The molecule has 1 saturated heterocycles. The Morgan fingerprint density at radius 3 is 2.69 bits per heavy atom. The largest absolute Gasteiger partial charge is 0.340 e. The maximum atomic E-state index is 12.1. The summed E-state index contributed by atoms with van der Waals surface area (Å²) in [7, 11) is 0. The van der Waals surface area contributed by atoms with Crippen LogP contribution in [-0.4, -0.2) is 38.0 Å². The minimum Gasteiger partial charge on any atom is -0.340 e. The van der Waals surface area contributed by atoms with E-state index in [-0.39, 0.29) is 11.5 Å². The number of nitrogens with one attached hydrogen (secondary N) is 1. The van der Waals surface area contributed by atoms with Gasteiger partial charge in [-0.3, -0.25) is 9.78 Å². The maximum absolute atomic E-state index is 12.1. The zero-order valence-electron chi connectivity index (χ0n) is 14.8. The minimum absolute atomic E-state index is 0.142. The molecule has 1 atom stereocenters. The zero-order chi connectivity index (χ0) is 18.1. The highest BCUT2D eigenvalue weighted by Gasteiger charge is 2.28. The molecular formula is C19H20N6O. The van der Waals surface area contributed by atoms with Gasteiger partial charge in [0.25, 0.3) is 5.56 Å². The lowest BCUT2D eigenvalue weighted by Crippen LogP contribution is -2.23. The van der Waals surface area contributed by atoms with Crippen LogP contribution in [0.1, 0.15) is 29.6 Å². The highest BCUT2D eigenvalue weighted by Crippen LogP contribution is 2.28. The molecule has 1 fully saturated rings. The minimum atomic E-state index is -0.144.